The number of rotatable bonds is 16. The number of hydrogen-bond donors (Lipinski definition) is 0. The average Bonchev–Trinajstić information content (AvgIpc) is 3.12. The Hall–Kier alpha value is -4.70. The predicted molar refractivity (Wildman–Crippen MR) is 204 cm³/mol. The Morgan fingerprint density at radius 2 is 0.959 bits per heavy atom. The third-order valence-electron chi connectivity index (χ3n) is 9.26. The highest BCUT2D eigenvalue weighted by Crippen LogP contribution is 2.35. The van der Waals surface area contributed by atoms with E-state index in [4.69, 9.17) is 9.47 Å². The molecule has 49 heavy (non-hydrogen) atoms. The van der Waals surface area contributed by atoms with E-state index < -0.39 is 0 Å². The summed E-state index contributed by atoms with van der Waals surface area (Å²) < 4.78 is 10.8. The zero-order valence-corrected chi connectivity index (χ0v) is 30.3. The molecular weight excluding hydrogens is 604 g/mol. The van der Waals surface area contributed by atoms with Gasteiger partial charge in [0, 0.05) is 11.1 Å². The molecule has 0 unspecified atom stereocenters. The molecule has 0 radical (unpaired) electrons. The number of carbonyl (C=O) groups is 2. The summed E-state index contributed by atoms with van der Waals surface area (Å²) in [6.07, 6.45) is 5.92. The second kappa shape index (κ2) is 17.6. The molecule has 0 aliphatic carbocycles. The minimum atomic E-state index is -0.352. The van der Waals surface area contributed by atoms with Gasteiger partial charge in [-0.1, -0.05) is 107 Å². The van der Waals surface area contributed by atoms with Crippen molar-refractivity contribution < 1.29 is 19.1 Å². The number of aryl methyl sites for hydroxylation is 5. The Balaban J connectivity index is 1.65. The van der Waals surface area contributed by atoms with E-state index in [-0.39, 0.29) is 11.9 Å². The molecule has 256 valence electrons. The van der Waals surface area contributed by atoms with E-state index >= 15 is 0 Å². The summed E-state index contributed by atoms with van der Waals surface area (Å²) >= 11 is 0. The lowest BCUT2D eigenvalue weighted by atomic mass is 9.87. The van der Waals surface area contributed by atoms with Crippen LogP contribution in [0.15, 0.2) is 97.1 Å². The Bertz CT molecular complexity index is 1750. The monoisotopic (exact) mass is 656 g/mol. The number of hydrogen-bond acceptors (Lipinski definition) is 4. The summed E-state index contributed by atoms with van der Waals surface area (Å²) in [5, 5.41) is 0. The molecule has 0 amide bonds. The molecule has 0 heterocycles. The summed E-state index contributed by atoms with van der Waals surface area (Å²) in [6.45, 7) is 20.2. The van der Waals surface area contributed by atoms with Crippen molar-refractivity contribution in [2.45, 2.75) is 86.5 Å². The third kappa shape index (κ3) is 9.69. The van der Waals surface area contributed by atoms with Crippen LogP contribution in [0.2, 0.25) is 0 Å². The lowest BCUT2D eigenvalue weighted by molar-refractivity contribution is -0.139. The van der Waals surface area contributed by atoms with Gasteiger partial charge in [0.2, 0.25) is 0 Å². The molecule has 0 saturated heterocycles. The lowest BCUT2D eigenvalue weighted by Gasteiger charge is -2.18. The van der Waals surface area contributed by atoms with Crippen LogP contribution in [0.25, 0.3) is 33.4 Å². The molecule has 4 nitrogen and oxygen atoms in total. The van der Waals surface area contributed by atoms with Crippen molar-refractivity contribution in [3.8, 4) is 33.4 Å². The summed E-state index contributed by atoms with van der Waals surface area (Å²) in [6, 6.07) is 27.2. The zero-order chi connectivity index (χ0) is 35.5. The quantitative estimate of drug-likeness (QED) is 0.0684. The minimum absolute atomic E-state index is 0.346. The van der Waals surface area contributed by atoms with Crippen LogP contribution in [0.3, 0.4) is 0 Å². The van der Waals surface area contributed by atoms with Gasteiger partial charge in [-0.15, -0.1) is 0 Å². The fourth-order valence-electron chi connectivity index (χ4n) is 6.23. The molecule has 0 aromatic heterocycles. The van der Waals surface area contributed by atoms with E-state index in [2.05, 4.69) is 114 Å². The van der Waals surface area contributed by atoms with Gasteiger partial charge in [-0.25, -0.2) is 9.59 Å². The van der Waals surface area contributed by atoms with E-state index in [0.717, 1.165) is 44.9 Å². The van der Waals surface area contributed by atoms with Crippen LogP contribution in [0.1, 0.15) is 80.8 Å². The van der Waals surface area contributed by atoms with Gasteiger partial charge < -0.3 is 9.47 Å². The smallest absolute Gasteiger partial charge is 0.333 e. The van der Waals surface area contributed by atoms with Gasteiger partial charge in [0.1, 0.15) is 0 Å². The first-order valence-electron chi connectivity index (χ1n) is 17.7. The van der Waals surface area contributed by atoms with Crippen LogP contribution < -0.4 is 0 Å². The Morgan fingerprint density at radius 1 is 0.551 bits per heavy atom. The molecule has 0 saturated carbocycles. The third-order valence-corrected chi connectivity index (χ3v) is 9.26. The zero-order valence-electron chi connectivity index (χ0n) is 30.3. The van der Waals surface area contributed by atoms with Crippen LogP contribution in [0.5, 0.6) is 0 Å². The fraction of sp³-hybridized carbons (Fsp3) is 0.333. The maximum atomic E-state index is 11.9. The second-order valence-corrected chi connectivity index (χ2v) is 13.0. The van der Waals surface area contributed by atoms with Crippen LogP contribution >= 0.6 is 0 Å². The van der Waals surface area contributed by atoms with Crippen molar-refractivity contribution in [2.24, 2.45) is 0 Å². The van der Waals surface area contributed by atoms with Crippen LogP contribution in [-0.4, -0.2) is 25.2 Å². The largest absolute Gasteiger partial charge is 0.462 e. The van der Waals surface area contributed by atoms with Gasteiger partial charge in [-0.3, -0.25) is 0 Å². The van der Waals surface area contributed by atoms with Gasteiger partial charge in [-0.2, -0.15) is 0 Å². The van der Waals surface area contributed by atoms with Crippen molar-refractivity contribution in [3.63, 3.8) is 0 Å². The predicted octanol–water partition coefficient (Wildman–Crippen LogP) is 10.8. The maximum Gasteiger partial charge on any atom is 0.333 e. The molecule has 4 heteroatoms. The summed E-state index contributed by atoms with van der Waals surface area (Å²) in [5.41, 5.74) is 15.9. The van der Waals surface area contributed by atoms with E-state index in [9.17, 15) is 9.59 Å². The summed E-state index contributed by atoms with van der Waals surface area (Å²) in [7, 11) is 0. The standard InChI is InChI=1S/C45H52O4/c1-9-33-16-18-36(19-17-33)42-22-20-39(26-34(42)10-2)40-21-23-43(35(11-3)27-40)41-28-37(14-12-24-48-44(46)30(4)5)32(8)38(29-41)15-13-25-49-45(47)31(6)7/h16-23,26-29H,4,6,9-15,24-25H2,1-3,5,7-8H3. The highest BCUT2D eigenvalue weighted by molar-refractivity contribution is 5.87. The Morgan fingerprint density at radius 3 is 1.37 bits per heavy atom. The number of esters is 2. The Labute approximate surface area is 293 Å². The van der Waals surface area contributed by atoms with E-state index in [1.807, 2.05) is 0 Å². The van der Waals surface area contributed by atoms with Crippen molar-refractivity contribution in [2.75, 3.05) is 13.2 Å². The summed E-state index contributed by atoms with van der Waals surface area (Å²) in [5.74, 6) is -0.705. The fourth-order valence-corrected chi connectivity index (χ4v) is 6.23. The van der Waals surface area contributed by atoms with E-state index in [0.29, 0.717) is 24.4 Å². The first-order chi connectivity index (χ1) is 23.6. The second-order valence-electron chi connectivity index (χ2n) is 13.0. The van der Waals surface area contributed by atoms with Crippen LogP contribution in [-0.2, 0) is 51.2 Å². The molecular formula is C45H52O4. The summed E-state index contributed by atoms with van der Waals surface area (Å²) in [4.78, 5) is 23.9. The lowest BCUT2D eigenvalue weighted by Crippen LogP contribution is -2.08. The molecule has 4 rings (SSSR count). The average molecular weight is 657 g/mol. The highest BCUT2D eigenvalue weighted by Gasteiger charge is 2.15. The van der Waals surface area contributed by atoms with E-state index in [1.54, 1.807) is 13.8 Å². The van der Waals surface area contributed by atoms with Gasteiger partial charge in [0.05, 0.1) is 13.2 Å². The van der Waals surface area contributed by atoms with Gasteiger partial charge in [-0.05, 0) is 132 Å². The number of carbonyl (C=O) groups excluding carboxylic acids is 2. The maximum absolute atomic E-state index is 11.9. The van der Waals surface area contributed by atoms with Crippen molar-refractivity contribution in [1.82, 2.24) is 0 Å². The molecule has 4 aromatic carbocycles. The van der Waals surface area contributed by atoms with Crippen molar-refractivity contribution in [1.29, 1.82) is 0 Å². The molecule has 0 spiro atoms. The van der Waals surface area contributed by atoms with Gasteiger partial charge >= 0.3 is 11.9 Å². The molecule has 0 aliphatic rings. The minimum Gasteiger partial charge on any atom is -0.462 e. The number of ether oxygens (including phenoxy) is 2. The van der Waals surface area contributed by atoms with Crippen molar-refractivity contribution in [3.05, 3.63) is 130 Å². The Kier molecular flexibility index (Phi) is 13.4. The molecule has 0 atom stereocenters. The van der Waals surface area contributed by atoms with Gasteiger partial charge in [0.15, 0.2) is 0 Å². The highest BCUT2D eigenvalue weighted by atomic mass is 16.5. The van der Waals surface area contributed by atoms with Crippen molar-refractivity contribution >= 4 is 11.9 Å². The van der Waals surface area contributed by atoms with Crippen LogP contribution in [0.4, 0.5) is 0 Å². The molecule has 0 fully saturated rings. The van der Waals surface area contributed by atoms with E-state index in [1.165, 1.54) is 66.8 Å². The normalized spacial score (nSPS) is 10.9. The number of benzene rings is 4. The topological polar surface area (TPSA) is 52.6 Å². The van der Waals surface area contributed by atoms with Gasteiger partial charge in [0.25, 0.3) is 0 Å². The first kappa shape index (κ1) is 37.1. The molecule has 0 aliphatic heterocycles. The SMILES string of the molecule is C=C(C)C(=O)OCCCc1cc(-c2ccc(-c3ccc(-c4ccc(CC)cc4)c(CC)c3)cc2CC)cc(CCCOC(=O)C(=C)C)c1C. The van der Waals surface area contributed by atoms with Crippen LogP contribution in [0, 0.1) is 6.92 Å². The molecule has 0 N–H and O–H groups in total. The molecule has 0 bridgehead atoms. The first-order valence-corrected chi connectivity index (χ1v) is 17.7. The molecule has 4 aromatic rings.